The first-order valence-electron chi connectivity index (χ1n) is 5.80. The van der Waals surface area contributed by atoms with Crippen molar-refractivity contribution in [3.05, 3.63) is 23.8 Å². The van der Waals surface area contributed by atoms with Crippen molar-refractivity contribution in [2.24, 2.45) is 0 Å². The Morgan fingerprint density at radius 1 is 1.44 bits per heavy atom. The largest absolute Gasteiger partial charge is 0.487 e. The Morgan fingerprint density at radius 3 is 2.78 bits per heavy atom. The third-order valence-corrected chi connectivity index (χ3v) is 2.23. The van der Waals surface area contributed by atoms with Crippen LogP contribution in [0, 0.1) is 0 Å². The fourth-order valence-corrected chi connectivity index (χ4v) is 1.50. The monoisotopic (exact) mass is 253 g/mol. The summed E-state index contributed by atoms with van der Waals surface area (Å²) >= 11 is 0. The number of carbonyl (C=O) groups is 1. The fourth-order valence-electron chi connectivity index (χ4n) is 1.50. The van der Waals surface area contributed by atoms with E-state index in [0.29, 0.717) is 30.2 Å². The molecule has 0 spiro atoms. The molecule has 100 valence electrons. The molecular weight excluding hydrogens is 234 g/mol. The Bertz CT molecular complexity index is 406. The smallest absolute Gasteiger partial charge is 0.341 e. The van der Waals surface area contributed by atoms with Crippen LogP contribution in [0.4, 0.5) is 5.69 Å². The topological polar surface area (TPSA) is 70.8 Å². The zero-order valence-electron chi connectivity index (χ0n) is 10.9. The molecule has 0 aromatic heterocycles. The normalized spacial score (nSPS) is 11.9. The predicted molar refractivity (Wildman–Crippen MR) is 68.8 cm³/mol. The number of hydrogen-bond donors (Lipinski definition) is 1. The molecule has 0 amide bonds. The number of hydrogen-bond acceptors (Lipinski definition) is 5. The van der Waals surface area contributed by atoms with E-state index >= 15 is 0 Å². The van der Waals surface area contributed by atoms with Crippen LogP contribution in [0.1, 0.15) is 24.2 Å². The molecule has 0 heterocycles. The van der Waals surface area contributed by atoms with Crippen LogP contribution in [-0.4, -0.2) is 32.4 Å². The van der Waals surface area contributed by atoms with Gasteiger partial charge in [0.15, 0.2) is 0 Å². The van der Waals surface area contributed by atoms with Gasteiger partial charge in [-0.1, -0.05) is 0 Å². The number of nitrogen functional groups attached to an aromatic ring is 1. The molecule has 1 atom stereocenters. The molecule has 1 rings (SSSR count). The summed E-state index contributed by atoms with van der Waals surface area (Å²) in [6, 6.07) is 4.89. The lowest BCUT2D eigenvalue weighted by Crippen LogP contribution is -2.20. The van der Waals surface area contributed by atoms with Gasteiger partial charge in [-0.15, -0.1) is 0 Å². The number of benzene rings is 1. The van der Waals surface area contributed by atoms with Gasteiger partial charge >= 0.3 is 5.97 Å². The summed E-state index contributed by atoms with van der Waals surface area (Å²) in [4.78, 5) is 11.8. The van der Waals surface area contributed by atoms with Gasteiger partial charge in [-0.05, 0) is 32.0 Å². The highest BCUT2D eigenvalue weighted by Crippen LogP contribution is 2.23. The Morgan fingerprint density at radius 2 is 2.17 bits per heavy atom. The number of ether oxygens (including phenoxy) is 3. The highest BCUT2D eigenvalue weighted by atomic mass is 16.5. The molecule has 0 aliphatic rings. The van der Waals surface area contributed by atoms with Crippen LogP contribution >= 0.6 is 0 Å². The average molecular weight is 253 g/mol. The molecule has 1 aromatic carbocycles. The van der Waals surface area contributed by atoms with Gasteiger partial charge in [0, 0.05) is 12.8 Å². The molecular formula is C13H19NO4. The Kier molecular flexibility index (Phi) is 5.45. The van der Waals surface area contributed by atoms with Crippen molar-refractivity contribution >= 4 is 11.7 Å². The molecule has 0 saturated carbocycles. The molecule has 0 bridgehead atoms. The molecule has 0 fully saturated rings. The zero-order valence-corrected chi connectivity index (χ0v) is 10.9. The van der Waals surface area contributed by atoms with E-state index in [-0.39, 0.29) is 6.10 Å². The van der Waals surface area contributed by atoms with Crippen LogP contribution in [0.2, 0.25) is 0 Å². The van der Waals surface area contributed by atoms with Gasteiger partial charge in [0.05, 0.1) is 13.2 Å². The maximum absolute atomic E-state index is 11.8. The van der Waals surface area contributed by atoms with E-state index in [9.17, 15) is 4.79 Å². The number of anilines is 1. The summed E-state index contributed by atoms with van der Waals surface area (Å²) in [5, 5.41) is 0. The molecule has 18 heavy (non-hydrogen) atoms. The van der Waals surface area contributed by atoms with Crippen LogP contribution in [-0.2, 0) is 9.47 Å². The van der Waals surface area contributed by atoms with Crippen molar-refractivity contribution < 1.29 is 19.0 Å². The van der Waals surface area contributed by atoms with Gasteiger partial charge < -0.3 is 19.9 Å². The molecule has 5 heteroatoms. The second kappa shape index (κ2) is 6.86. The van der Waals surface area contributed by atoms with Crippen LogP contribution in [0.15, 0.2) is 18.2 Å². The van der Waals surface area contributed by atoms with Crippen LogP contribution in [0.5, 0.6) is 5.75 Å². The number of esters is 1. The summed E-state index contributed by atoms with van der Waals surface area (Å²) in [6.07, 6.45) is -0.160. The van der Waals surface area contributed by atoms with E-state index in [4.69, 9.17) is 19.9 Å². The second-order valence-corrected chi connectivity index (χ2v) is 3.86. The zero-order chi connectivity index (χ0) is 13.5. The first-order valence-corrected chi connectivity index (χ1v) is 5.80. The summed E-state index contributed by atoms with van der Waals surface area (Å²) in [5.41, 5.74) is 6.49. The van der Waals surface area contributed by atoms with E-state index in [1.165, 1.54) is 0 Å². The quantitative estimate of drug-likeness (QED) is 0.619. The van der Waals surface area contributed by atoms with Crippen LogP contribution in [0.3, 0.4) is 0 Å². The minimum Gasteiger partial charge on any atom is -0.487 e. The number of carbonyl (C=O) groups excluding carboxylic acids is 1. The minimum atomic E-state index is -0.440. The SMILES string of the molecule is CCOC(=O)c1cc(N)ccc1OC(C)COC. The van der Waals surface area contributed by atoms with Crippen molar-refractivity contribution in [3.8, 4) is 5.75 Å². The van der Waals surface area contributed by atoms with E-state index in [2.05, 4.69) is 0 Å². The number of rotatable bonds is 6. The minimum absolute atomic E-state index is 0.160. The average Bonchev–Trinajstić information content (AvgIpc) is 2.32. The standard InChI is InChI=1S/C13H19NO4/c1-4-17-13(15)11-7-10(14)5-6-12(11)18-9(2)8-16-3/h5-7,9H,4,8,14H2,1-3H3. The Balaban J connectivity index is 2.92. The highest BCUT2D eigenvalue weighted by Gasteiger charge is 2.16. The maximum Gasteiger partial charge on any atom is 0.341 e. The number of methoxy groups -OCH3 is 1. The van der Waals surface area contributed by atoms with E-state index in [1.807, 2.05) is 6.92 Å². The maximum atomic E-state index is 11.8. The van der Waals surface area contributed by atoms with E-state index in [0.717, 1.165) is 0 Å². The lowest BCUT2D eigenvalue weighted by molar-refractivity contribution is 0.0511. The fraction of sp³-hybridized carbons (Fsp3) is 0.462. The molecule has 5 nitrogen and oxygen atoms in total. The Labute approximate surface area is 107 Å². The van der Waals surface area contributed by atoms with Crippen molar-refractivity contribution in [1.29, 1.82) is 0 Å². The van der Waals surface area contributed by atoms with Crippen LogP contribution < -0.4 is 10.5 Å². The predicted octanol–water partition coefficient (Wildman–Crippen LogP) is 1.86. The van der Waals surface area contributed by atoms with E-state index in [1.54, 1.807) is 32.2 Å². The third-order valence-electron chi connectivity index (χ3n) is 2.23. The lowest BCUT2D eigenvalue weighted by atomic mass is 10.2. The van der Waals surface area contributed by atoms with Crippen molar-refractivity contribution in [1.82, 2.24) is 0 Å². The van der Waals surface area contributed by atoms with Crippen molar-refractivity contribution in [2.45, 2.75) is 20.0 Å². The molecule has 1 aromatic rings. The molecule has 2 N–H and O–H groups in total. The summed E-state index contributed by atoms with van der Waals surface area (Å²) < 4.78 is 15.6. The van der Waals surface area contributed by atoms with Gasteiger partial charge in [-0.2, -0.15) is 0 Å². The number of nitrogens with two attached hydrogens (primary N) is 1. The summed E-state index contributed by atoms with van der Waals surface area (Å²) in [6.45, 7) is 4.35. The van der Waals surface area contributed by atoms with Gasteiger partial charge in [0.25, 0.3) is 0 Å². The molecule has 1 unspecified atom stereocenters. The lowest BCUT2D eigenvalue weighted by Gasteiger charge is -2.16. The molecule has 0 aliphatic heterocycles. The van der Waals surface area contributed by atoms with Gasteiger partial charge in [0.2, 0.25) is 0 Å². The first-order chi connectivity index (χ1) is 8.58. The summed E-state index contributed by atoms with van der Waals surface area (Å²) in [5.74, 6) is 0.0108. The Hall–Kier alpha value is -1.75. The third kappa shape index (κ3) is 3.92. The molecule has 0 radical (unpaired) electrons. The second-order valence-electron chi connectivity index (χ2n) is 3.86. The van der Waals surface area contributed by atoms with Gasteiger partial charge in [-0.3, -0.25) is 0 Å². The van der Waals surface area contributed by atoms with Gasteiger partial charge in [-0.25, -0.2) is 4.79 Å². The molecule has 0 saturated heterocycles. The van der Waals surface area contributed by atoms with Crippen molar-refractivity contribution in [3.63, 3.8) is 0 Å². The van der Waals surface area contributed by atoms with Crippen molar-refractivity contribution in [2.75, 3.05) is 26.1 Å². The summed E-state index contributed by atoms with van der Waals surface area (Å²) in [7, 11) is 1.59. The highest BCUT2D eigenvalue weighted by molar-refractivity contribution is 5.93. The van der Waals surface area contributed by atoms with Crippen LogP contribution in [0.25, 0.3) is 0 Å². The first kappa shape index (κ1) is 14.3. The van der Waals surface area contributed by atoms with Gasteiger partial charge in [0.1, 0.15) is 17.4 Å². The molecule has 0 aliphatic carbocycles. The van der Waals surface area contributed by atoms with E-state index < -0.39 is 5.97 Å².